The maximum Gasteiger partial charge on any atom is 0.200 e. The average Bonchev–Trinajstić information content (AvgIpc) is 2.35. The summed E-state index contributed by atoms with van der Waals surface area (Å²) in [6, 6.07) is -0.0618. The van der Waals surface area contributed by atoms with Crippen molar-refractivity contribution in [3.05, 3.63) is 35.2 Å². The highest BCUT2D eigenvalue weighted by atomic mass is 19.2. The molecule has 0 aliphatic heterocycles. The fraction of sp³-hybridized carbons (Fsp3) is 0.364. The van der Waals surface area contributed by atoms with E-state index >= 15 is 0 Å². The molecule has 0 amide bonds. The Balaban J connectivity index is 0.000000360. The van der Waals surface area contributed by atoms with Gasteiger partial charge in [-0.1, -0.05) is 13.8 Å². The van der Waals surface area contributed by atoms with Crippen LogP contribution >= 0.6 is 0 Å². The van der Waals surface area contributed by atoms with Crippen LogP contribution in [0.15, 0.2) is 11.2 Å². The number of hydrogen-bond donors (Lipinski definition) is 1. The molecular formula is C11H13F5N2. The second-order valence-electron chi connectivity index (χ2n) is 3.47. The van der Waals surface area contributed by atoms with Gasteiger partial charge in [-0.2, -0.15) is 5.10 Å². The first-order chi connectivity index (χ1) is 8.34. The second kappa shape index (κ2) is 7.62. The Bertz CT molecular complexity index is 394. The second-order valence-corrected chi connectivity index (χ2v) is 3.47. The number of rotatable bonds is 2. The lowest BCUT2D eigenvalue weighted by Crippen LogP contribution is -1.98. The molecule has 18 heavy (non-hydrogen) atoms. The summed E-state index contributed by atoms with van der Waals surface area (Å²) in [5, 5.41) is 3.38. The minimum Gasteiger partial charge on any atom is -0.324 e. The third-order valence-electron chi connectivity index (χ3n) is 2.04. The number of hydrogen-bond acceptors (Lipinski definition) is 2. The van der Waals surface area contributed by atoms with Crippen LogP contribution in [0, 0.1) is 35.0 Å². The van der Waals surface area contributed by atoms with E-state index in [0.717, 1.165) is 6.42 Å². The van der Waals surface area contributed by atoms with Gasteiger partial charge in [0.05, 0.1) is 0 Å². The SMILES string of the molecule is CCC(C)C=NN.Fc1cc(F)c(F)c(F)c1F. The summed E-state index contributed by atoms with van der Waals surface area (Å²) in [6.07, 6.45) is 2.86. The molecule has 2 N–H and O–H groups in total. The number of nitrogens with two attached hydrogens (primary N) is 1. The third kappa shape index (κ3) is 4.68. The average molecular weight is 268 g/mol. The van der Waals surface area contributed by atoms with Gasteiger partial charge in [-0.3, -0.25) is 0 Å². The molecule has 0 radical (unpaired) electrons. The van der Waals surface area contributed by atoms with Crippen molar-refractivity contribution in [2.24, 2.45) is 16.9 Å². The molecule has 0 saturated heterocycles. The molecule has 0 fully saturated rings. The van der Waals surface area contributed by atoms with Crippen LogP contribution in [0.1, 0.15) is 20.3 Å². The zero-order valence-electron chi connectivity index (χ0n) is 9.85. The maximum absolute atomic E-state index is 12.0. The Morgan fingerprint density at radius 2 is 1.56 bits per heavy atom. The smallest absolute Gasteiger partial charge is 0.200 e. The van der Waals surface area contributed by atoms with Crippen LogP contribution in [0.5, 0.6) is 0 Å². The van der Waals surface area contributed by atoms with Gasteiger partial charge in [-0.05, 0) is 12.3 Å². The van der Waals surface area contributed by atoms with E-state index in [2.05, 4.69) is 18.9 Å². The number of benzene rings is 1. The molecule has 0 saturated carbocycles. The number of nitrogens with zero attached hydrogens (tertiary/aromatic N) is 1. The lowest BCUT2D eigenvalue weighted by molar-refractivity contribution is 0.378. The van der Waals surface area contributed by atoms with Gasteiger partial charge in [0.2, 0.25) is 5.82 Å². The topological polar surface area (TPSA) is 38.4 Å². The van der Waals surface area contributed by atoms with Crippen LogP contribution in [0.25, 0.3) is 0 Å². The summed E-state index contributed by atoms with van der Waals surface area (Å²) >= 11 is 0. The van der Waals surface area contributed by atoms with E-state index in [0.29, 0.717) is 5.92 Å². The predicted molar refractivity (Wildman–Crippen MR) is 58.4 cm³/mol. The van der Waals surface area contributed by atoms with Crippen molar-refractivity contribution in [1.82, 2.24) is 0 Å². The van der Waals surface area contributed by atoms with E-state index in [9.17, 15) is 22.0 Å². The van der Waals surface area contributed by atoms with E-state index in [1.807, 2.05) is 0 Å². The monoisotopic (exact) mass is 268 g/mol. The van der Waals surface area contributed by atoms with Crippen LogP contribution in [0.2, 0.25) is 0 Å². The lowest BCUT2D eigenvalue weighted by Gasteiger charge is -1.96. The summed E-state index contributed by atoms with van der Waals surface area (Å²) in [5.74, 6) is -4.25. The first kappa shape index (κ1) is 16.3. The molecule has 0 heterocycles. The first-order valence-electron chi connectivity index (χ1n) is 5.06. The fourth-order valence-corrected chi connectivity index (χ4v) is 0.796. The molecule has 0 aromatic heterocycles. The van der Waals surface area contributed by atoms with Gasteiger partial charge in [0.15, 0.2) is 23.3 Å². The lowest BCUT2D eigenvalue weighted by atomic mass is 10.1. The standard InChI is InChI=1S/C6HF5.C5H12N2/c7-2-1-3(8)5(10)6(11)4(2)9;1-3-5(2)4-7-6/h1H;4-5H,3,6H2,1-2H3. The van der Waals surface area contributed by atoms with Crippen molar-refractivity contribution in [2.75, 3.05) is 0 Å². The largest absolute Gasteiger partial charge is 0.324 e. The molecule has 1 aromatic carbocycles. The zero-order valence-corrected chi connectivity index (χ0v) is 9.85. The van der Waals surface area contributed by atoms with E-state index in [1.54, 1.807) is 6.21 Å². The van der Waals surface area contributed by atoms with Gasteiger partial charge in [-0.25, -0.2) is 22.0 Å². The Labute approximate surface area is 101 Å². The maximum atomic E-state index is 12.0. The van der Waals surface area contributed by atoms with Gasteiger partial charge in [0, 0.05) is 12.3 Å². The molecule has 1 atom stereocenters. The van der Waals surface area contributed by atoms with Crippen molar-refractivity contribution in [3.8, 4) is 0 Å². The molecule has 0 aliphatic carbocycles. The molecule has 0 bridgehead atoms. The zero-order chi connectivity index (χ0) is 14.3. The van der Waals surface area contributed by atoms with E-state index in [-0.39, 0.29) is 6.07 Å². The number of halogens is 5. The minimum atomic E-state index is -2.14. The van der Waals surface area contributed by atoms with Crippen molar-refractivity contribution in [2.45, 2.75) is 20.3 Å². The Morgan fingerprint density at radius 3 is 1.83 bits per heavy atom. The third-order valence-corrected chi connectivity index (χ3v) is 2.04. The fourth-order valence-electron chi connectivity index (χ4n) is 0.796. The molecule has 1 aromatic rings. The Kier molecular flexibility index (Phi) is 6.92. The van der Waals surface area contributed by atoms with Gasteiger partial charge in [0.1, 0.15) is 0 Å². The van der Waals surface area contributed by atoms with E-state index in [4.69, 9.17) is 5.84 Å². The van der Waals surface area contributed by atoms with Crippen LogP contribution < -0.4 is 5.84 Å². The highest BCUT2D eigenvalue weighted by Crippen LogP contribution is 2.16. The van der Waals surface area contributed by atoms with Crippen molar-refractivity contribution in [3.63, 3.8) is 0 Å². The molecule has 1 rings (SSSR count). The van der Waals surface area contributed by atoms with Crippen LogP contribution in [0.3, 0.4) is 0 Å². The van der Waals surface area contributed by atoms with Crippen molar-refractivity contribution in [1.29, 1.82) is 0 Å². The molecule has 102 valence electrons. The Hall–Kier alpha value is -1.66. The molecule has 0 spiro atoms. The van der Waals surface area contributed by atoms with E-state index in [1.165, 1.54) is 0 Å². The van der Waals surface area contributed by atoms with Gasteiger partial charge in [-0.15, -0.1) is 0 Å². The van der Waals surface area contributed by atoms with Crippen LogP contribution in [-0.4, -0.2) is 6.21 Å². The summed E-state index contributed by atoms with van der Waals surface area (Å²) in [7, 11) is 0. The van der Waals surface area contributed by atoms with Crippen LogP contribution in [0.4, 0.5) is 22.0 Å². The van der Waals surface area contributed by atoms with Crippen molar-refractivity contribution >= 4 is 6.21 Å². The van der Waals surface area contributed by atoms with Crippen molar-refractivity contribution < 1.29 is 22.0 Å². The normalized spacial score (nSPS) is 12.2. The molecule has 1 unspecified atom stereocenters. The molecule has 2 nitrogen and oxygen atoms in total. The molecule has 7 heteroatoms. The minimum absolute atomic E-state index is 0.0618. The van der Waals surface area contributed by atoms with Gasteiger partial charge >= 0.3 is 0 Å². The van der Waals surface area contributed by atoms with E-state index < -0.39 is 29.1 Å². The summed E-state index contributed by atoms with van der Waals surface area (Å²) in [4.78, 5) is 0. The quantitative estimate of drug-likeness (QED) is 0.219. The van der Waals surface area contributed by atoms with Gasteiger partial charge in [0.25, 0.3) is 0 Å². The molecular weight excluding hydrogens is 255 g/mol. The summed E-state index contributed by atoms with van der Waals surface area (Å²) in [6.45, 7) is 4.18. The van der Waals surface area contributed by atoms with Gasteiger partial charge < -0.3 is 5.84 Å². The number of hydrazone groups is 1. The Morgan fingerprint density at radius 1 is 1.11 bits per heavy atom. The molecule has 0 aliphatic rings. The predicted octanol–water partition coefficient (Wildman–Crippen LogP) is 3.36. The summed E-state index contributed by atoms with van der Waals surface area (Å²) < 4.78 is 60.0. The first-order valence-corrected chi connectivity index (χ1v) is 5.06. The highest BCUT2D eigenvalue weighted by molar-refractivity contribution is 5.59. The van der Waals surface area contributed by atoms with Crippen LogP contribution in [-0.2, 0) is 0 Å². The summed E-state index contributed by atoms with van der Waals surface area (Å²) in [5.41, 5.74) is 0. The highest BCUT2D eigenvalue weighted by Gasteiger charge is 2.18.